The number of carbonyl (C=O) groups is 1. The molecule has 2 rings (SSSR count). The SMILES string of the molecule is COc1c(F)cccc1C1CNC(=O)O1. The Labute approximate surface area is 86.0 Å². The second kappa shape index (κ2) is 3.76. The summed E-state index contributed by atoms with van der Waals surface area (Å²) in [6.45, 7) is 0.332. The number of cyclic esters (lactones) is 1. The molecule has 0 spiro atoms. The van der Waals surface area contributed by atoms with Crippen LogP contribution in [-0.2, 0) is 4.74 Å². The average Bonchev–Trinajstić information content (AvgIpc) is 2.64. The smallest absolute Gasteiger partial charge is 0.407 e. The second-order valence-corrected chi connectivity index (χ2v) is 3.14. The van der Waals surface area contributed by atoms with Crippen molar-refractivity contribution in [3.63, 3.8) is 0 Å². The molecule has 1 aromatic rings. The van der Waals surface area contributed by atoms with Crippen LogP contribution in [0.2, 0.25) is 0 Å². The molecule has 1 N–H and O–H groups in total. The quantitative estimate of drug-likeness (QED) is 0.808. The van der Waals surface area contributed by atoms with E-state index >= 15 is 0 Å². The van der Waals surface area contributed by atoms with Crippen LogP contribution in [0.4, 0.5) is 9.18 Å². The van der Waals surface area contributed by atoms with Crippen molar-refractivity contribution in [2.75, 3.05) is 13.7 Å². The number of amides is 1. The van der Waals surface area contributed by atoms with E-state index in [9.17, 15) is 9.18 Å². The third-order valence-corrected chi connectivity index (χ3v) is 2.23. The molecule has 0 bridgehead atoms. The van der Waals surface area contributed by atoms with Crippen LogP contribution < -0.4 is 10.1 Å². The van der Waals surface area contributed by atoms with Crippen LogP contribution in [-0.4, -0.2) is 19.7 Å². The number of rotatable bonds is 2. The summed E-state index contributed by atoms with van der Waals surface area (Å²) in [5.74, 6) is -0.336. The number of benzene rings is 1. The van der Waals surface area contributed by atoms with Crippen molar-refractivity contribution < 1.29 is 18.7 Å². The van der Waals surface area contributed by atoms with Gasteiger partial charge in [0, 0.05) is 5.56 Å². The van der Waals surface area contributed by atoms with Crippen molar-refractivity contribution in [2.24, 2.45) is 0 Å². The van der Waals surface area contributed by atoms with E-state index < -0.39 is 18.0 Å². The topological polar surface area (TPSA) is 47.6 Å². The highest BCUT2D eigenvalue weighted by atomic mass is 19.1. The molecule has 1 unspecified atom stereocenters. The molecule has 80 valence electrons. The highest BCUT2D eigenvalue weighted by Gasteiger charge is 2.27. The lowest BCUT2D eigenvalue weighted by atomic mass is 10.1. The van der Waals surface area contributed by atoms with Crippen molar-refractivity contribution in [1.29, 1.82) is 0 Å². The lowest BCUT2D eigenvalue weighted by Crippen LogP contribution is -2.12. The Morgan fingerprint density at radius 2 is 2.40 bits per heavy atom. The number of para-hydroxylation sites is 1. The van der Waals surface area contributed by atoms with E-state index in [1.807, 2.05) is 0 Å². The summed E-state index contributed by atoms with van der Waals surface area (Å²) < 4.78 is 23.2. The van der Waals surface area contributed by atoms with Crippen LogP contribution in [0.3, 0.4) is 0 Å². The molecule has 4 nitrogen and oxygen atoms in total. The van der Waals surface area contributed by atoms with E-state index in [-0.39, 0.29) is 5.75 Å². The van der Waals surface area contributed by atoms with E-state index in [2.05, 4.69) is 5.32 Å². The van der Waals surface area contributed by atoms with Crippen LogP contribution in [0.15, 0.2) is 18.2 Å². The van der Waals surface area contributed by atoms with Gasteiger partial charge in [0.15, 0.2) is 11.6 Å². The fourth-order valence-corrected chi connectivity index (χ4v) is 1.56. The highest BCUT2D eigenvalue weighted by molar-refractivity contribution is 5.70. The summed E-state index contributed by atoms with van der Waals surface area (Å²) in [7, 11) is 1.38. The van der Waals surface area contributed by atoms with Gasteiger partial charge < -0.3 is 14.8 Å². The van der Waals surface area contributed by atoms with E-state index in [0.29, 0.717) is 12.1 Å². The predicted molar refractivity (Wildman–Crippen MR) is 50.2 cm³/mol. The van der Waals surface area contributed by atoms with Crippen LogP contribution in [0, 0.1) is 5.82 Å². The maximum atomic E-state index is 13.3. The Morgan fingerprint density at radius 1 is 1.60 bits per heavy atom. The Kier molecular flexibility index (Phi) is 2.45. The Hall–Kier alpha value is -1.78. The van der Waals surface area contributed by atoms with E-state index in [1.54, 1.807) is 12.1 Å². The Morgan fingerprint density at radius 3 is 3.00 bits per heavy atom. The van der Waals surface area contributed by atoms with E-state index in [1.165, 1.54) is 13.2 Å². The van der Waals surface area contributed by atoms with Gasteiger partial charge in [-0.1, -0.05) is 12.1 Å². The van der Waals surface area contributed by atoms with Crippen molar-refractivity contribution >= 4 is 6.09 Å². The van der Waals surface area contributed by atoms with Gasteiger partial charge in [0.2, 0.25) is 0 Å². The number of alkyl carbamates (subject to hydrolysis) is 1. The number of methoxy groups -OCH3 is 1. The molecule has 15 heavy (non-hydrogen) atoms. The first-order chi connectivity index (χ1) is 7.22. The summed E-state index contributed by atoms with van der Waals surface area (Å²) in [6, 6.07) is 4.53. The first-order valence-corrected chi connectivity index (χ1v) is 4.49. The third kappa shape index (κ3) is 1.72. The van der Waals surface area contributed by atoms with Gasteiger partial charge in [0.1, 0.15) is 6.10 Å². The first kappa shape index (κ1) is 9.76. The van der Waals surface area contributed by atoms with Gasteiger partial charge in [-0.15, -0.1) is 0 Å². The summed E-state index contributed by atoms with van der Waals surface area (Å²) in [4.78, 5) is 10.8. The molecule has 1 saturated heterocycles. The summed E-state index contributed by atoms with van der Waals surface area (Å²) in [5.41, 5.74) is 0.538. The van der Waals surface area contributed by atoms with Crippen molar-refractivity contribution in [1.82, 2.24) is 5.32 Å². The molecule has 1 aliphatic rings. The minimum absolute atomic E-state index is 0.124. The standard InChI is InChI=1S/C10H10FNO3/c1-14-9-6(3-2-4-7(9)11)8-5-12-10(13)15-8/h2-4,8H,5H2,1H3,(H,12,13). The number of nitrogens with one attached hydrogen (secondary N) is 1. The van der Waals surface area contributed by atoms with Gasteiger partial charge in [0.25, 0.3) is 0 Å². The highest BCUT2D eigenvalue weighted by Crippen LogP contribution is 2.31. The van der Waals surface area contributed by atoms with Gasteiger partial charge in [-0.3, -0.25) is 0 Å². The predicted octanol–water partition coefficient (Wildman–Crippen LogP) is 1.62. The molecule has 0 aliphatic carbocycles. The maximum absolute atomic E-state index is 13.3. The van der Waals surface area contributed by atoms with Crippen LogP contribution in [0.5, 0.6) is 5.75 Å². The zero-order valence-corrected chi connectivity index (χ0v) is 8.12. The Bertz CT molecular complexity index is 394. The molecule has 1 heterocycles. The molecule has 5 heteroatoms. The summed E-state index contributed by atoms with van der Waals surface area (Å²) >= 11 is 0. The molecule has 1 fully saturated rings. The normalized spacial score (nSPS) is 19.6. The Balaban J connectivity index is 2.35. The number of ether oxygens (including phenoxy) is 2. The van der Waals surface area contributed by atoms with Crippen LogP contribution >= 0.6 is 0 Å². The maximum Gasteiger partial charge on any atom is 0.407 e. The van der Waals surface area contributed by atoms with Crippen molar-refractivity contribution in [3.05, 3.63) is 29.6 Å². The molecule has 0 aromatic heterocycles. The minimum atomic E-state index is -0.494. The number of halogens is 1. The van der Waals surface area contributed by atoms with Gasteiger partial charge in [0.05, 0.1) is 13.7 Å². The summed E-state index contributed by atoms with van der Waals surface area (Å²) in [6.07, 6.45) is -0.977. The number of carbonyl (C=O) groups excluding carboxylic acids is 1. The van der Waals surface area contributed by atoms with Gasteiger partial charge in [-0.2, -0.15) is 0 Å². The van der Waals surface area contributed by atoms with Crippen molar-refractivity contribution in [2.45, 2.75) is 6.10 Å². The molecule has 1 aromatic carbocycles. The van der Waals surface area contributed by atoms with E-state index in [0.717, 1.165) is 0 Å². The average molecular weight is 211 g/mol. The zero-order valence-electron chi connectivity index (χ0n) is 8.12. The van der Waals surface area contributed by atoms with Crippen LogP contribution in [0.25, 0.3) is 0 Å². The fourth-order valence-electron chi connectivity index (χ4n) is 1.56. The molecule has 1 atom stereocenters. The number of hydrogen-bond donors (Lipinski definition) is 1. The largest absolute Gasteiger partial charge is 0.493 e. The molecule has 0 radical (unpaired) electrons. The molecule has 0 saturated carbocycles. The van der Waals surface area contributed by atoms with E-state index in [4.69, 9.17) is 9.47 Å². The summed E-state index contributed by atoms with van der Waals surface area (Å²) in [5, 5.41) is 2.50. The lowest BCUT2D eigenvalue weighted by molar-refractivity contribution is 0.139. The molecular formula is C10H10FNO3. The third-order valence-electron chi connectivity index (χ3n) is 2.23. The zero-order chi connectivity index (χ0) is 10.8. The van der Waals surface area contributed by atoms with Gasteiger partial charge in [-0.25, -0.2) is 9.18 Å². The molecule has 1 aliphatic heterocycles. The van der Waals surface area contributed by atoms with Crippen LogP contribution in [0.1, 0.15) is 11.7 Å². The number of hydrogen-bond acceptors (Lipinski definition) is 3. The van der Waals surface area contributed by atoms with Crippen molar-refractivity contribution in [3.8, 4) is 5.75 Å². The minimum Gasteiger partial charge on any atom is -0.493 e. The monoisotopic (exact) mass is 211 g/mol. The van der Waals surface area contributed by atoms with Gasteiger partial charge in [-0.05, 0) is 6.07 Å². The molecular weight excluding hydrogens is 201 g/mol. The lowest BCUT2D eigenvalue weighted by Gasteiger charge is -2.12. The second-order valence-electron chi connectivity index (χ2n) is 3.14. The van der Waals surface area contributed by atoms with Gasteiger partial charge >= 0.3 is 6.09 Å². The fraction of sp³-hybridized carbons (Fsp3) is 0.300. The molecule has 1 amide bonds. The first-order valence-electron chi connectivity index (χ1n) is 4.49.